The first-order valence-electron chi connectivity index (χ1n) is 12.2. The third kappa shape index (κ3) is 9.26. The maximum Gasteiger partial charge on any atom is 0.243 e. The Morgan fingerprint density at radius 2 is 1.61 bits per heavy atom. The van der Waals surface area contributed by atoms with Crippen molar-refractivity contribution in [2.24, 2.45) is 0 Å². The van der Waals surface area contributed by atoms with Gasteiger partial charge in [-0.1, -0.05) is 37.3 Å². The summed E-state index contributed by atoms with van der Waals surface area (Å²) in [5.41, 5.74) is 0.952. The van der Waals surface area contributed by atoms with E-state index in [0.29, 0.717) is 25.1 Å². The molecule has 36 heavy (non-hydrogen) atoms. The Bertz CT molecular complexity index is 1100. The van der Waals surface area contributed by atoms with Gasteiger partial charge in [0, 0.05) is 25.0 Å². The minimum atomic E-state index is -3.63. The Morgan fingerprint density at radius 3 is 2.14 bits per heavy atom. The van der Waals surface area contributed by atoms with Crippen molar-refractivity contribution in [1.82, 2.24) is 10.2 Å². The first-order chi connectivity index (χ1) is 16.8. The average Bonchev–Trinajstić information content (AvgIpc) is 2.78. The number of anilines is 1. The first kappa shape index (κ1) is 29.3. The van der Waals surface area contributed by atoms with Gasteiger partial charge in [-0.05, 0) is 69.9 Å². The molecule has 0 aromatic heterocycles. The number of nitrogens with one attached hydrogen (secondary N) is 1. The summed E-state index contributed by atoms with van der Waals surface area (Å²) in [6.07, 6.45) is 2.45. The van der Waals surface area contributed by atoms with Crippen molar-refractivity contribution in [3.05, 3.63) is 66.0 Å². The summed E-state index contributed by atoms with van der Waals surface area (Å²) in [5.74, 6) is -0.888. The standard InChI is InChI=1S/C27H38FN3O4S/c1-6-24(26(33)29-27(2,3)4)30(20-18-21-11-8-7-9-12-21)25(32)13-10-19-31(36(5,34)35)23-16-14-22(28)15-17-23/h7-9,11-12,14-17,24H,6,10,13,18-20H2,1-5H3,(H,29,33)/t24-/m0/s1. The molecule has 0 heterocycles. The summed E-state index contributed by atoms with van der Waals surface area (Å²) < 4.78 is 39.2. The monoisotopic (exact) mass is 519 g/mol. The first-order valence-corrected chi connectivity index (χ1v) is 14.1. The van der Waals surface area contributed by atoms with Gasteiger partial charge >= 0.3 is 0 Å². The molecular weight excluding hydrogens is 481 g/mol. The maximum absolute atomic E-state index is 13.4. The highest BCUT2D eigenvalue weighted by molar-refractivity contribution is 7.92. The quantitative estimate of drug-likeness (QED) is 0.457. The minimum Gasteiger partial charge on any atom is -0.350 e. The number of carbonyl (C=O) groups is 2. The van der Waals surface area contributed by atoms with Crippen molar-refractivity contribution in [3.8, 4) is 0 Å². The summed E-state index contributed by atoms with van der Waals surface area (Å²) in [6, 6.07) is 14.3. The number of halogens is 1. The van der Waals surface area contributed by atoms with E-state index in [1.54, 1.807) is 4.90 Å². The Labute approximate surface area is 214 Å². The highest BCUT2D eigenvalue weighted by atomic mass is 32.2. The second-order valence-electron chi connectivity index (χ2n) is 9.90. The molecule has 0 fully saturated rings. The molecule has 7 nitrogen and oxygen atoms in total. The lowest BCUT2D eigenvalue weighted by atomic mass is 10.0. The van der Waals surface area contributed by atoms with Crippen LogP contribution in [0.25, 0.3) is 0 Å². The minimum absolute atomic E-state index is 0.0632. The summed E-state index contributed by atoms with van der Waals surface area (Å²) in [7, 11) is -3.63. The fraction of sp³-hybridized carbons (Fsp3) is 0.481. The molecule has 0 saturated carbocycles. The maximum atomic E-state index is 13.4. The van der Waals surface area contributed by atoms with Gasteiger partial charge in [0.15, 0.2) is 0 Å². The van der Waals surface area contributed by atoms with E-state index < -0.39 is 27.4 Å². The molecule has 0 saturated heterocycles. The normalized spacial score (nSPS) is 12.6. The highest BCUT2D eigenvalue weighted by Crippen LogP contribution is 2.20. The van der Waals surface area contributed by atoms with Gasteiger partial charge in [0.1, 0.15) is 11.9 Å². The van der Waals surface area contributed by atoms with Crippen LogP contribution in [0.1, 0.15) is 52.5 Å². The van der Waals surface area contributed by atoms with Crippen LogP contribution in [-0.2, 0) is 26.0 Å². The van der Waals surface area contributed by atoms with E-state index in [0.717, 1.165) is 16.1 Å². The van der Waals surface area contributed by atoms with Crippen LogP contribution in [0, 0.1) is 5.82 Å². The van der Waals surface area contributed by atoms with E-state index in [2.05, 4.69) is 5.32 Å². The van der Waals surface area contributed by atoms with E-state index in [9.17, 15) is 22.4 Å². The summed E-state index contributed by atoms with van der Waals surface area (Å²) in [4.78, 5) is 28.0. The number of amides is 2. The average molecular weight is 520 g/mol. The smallest absolute Gasteiger partial charge is 0.243 e. The Morgan fingerprint density at radius 1 is 1.00 bits per heavy atom. The zero-order chi connectivity index (χ0) is 26.9. The summed E-state index contributed by atoms with van der Waals surface area (Å²) >= 11 is 0. The van der Waals surface area contributed by atoms with Crippen molar-refractivity contribution in [1.29, 1.82) is 0 Å². The number of hydrogen-bond donors (Lipinski definition) is 1. The zero-order valence-corrected chi connectivity index (χ0v) is 22.6. The molecule has 1 N–H and O–H groups in total. The molecule has 2 amide bonds. The number of carbonyl (C=O) groups excluding carboxylic acids is 2. The highest BCUT2D eigenvalue weighted by Gasteiger charge is 2.30. The molecule has 0 unspecified atom stereocenters. The molecule has 9 heteroatoms. The van der Waals surface area contributed by atoms with Crippen LogP contribution >= 0.6 is 0 Å². The van der Waals surface area contributed by atoms with Gasteiger partial charge < -0.3 is 10.2 Å². The summed E-state index contributed by atoms with van der Waals surface area (Å²) in [5, 5.41) is 2.97. The molecule has 0 radical (unpaired) electrons. The van der Waals surface area contributed by atoms with Crippen LogP contribution in [0.2, 0.25) is 0 Å². The molecule has 2 rings (SSSR count). The number of benzene rings is 2. The molecule has 198 valence electrons. The molecule has 1 atom stereocenters. The molecule has 2 aromatic rings. The van der Waals surface area contributed by atoms with Gasteiger partial charge in [-0.25, -0.2) is 12.8 Å². The van der Waals surface area contributed by atoms with E-state index >= 15 is 0 Å². The van der Waals surface area contributed by atoms with Gasteiger partial charge in [-0.15, -0.1) is 0 Å². The van der Waals surface area contributed by atoms with Gasteiger partial charge in [0.2, 0.25) is 21.8 Å². The molecule has 0 bridgehead atoms. The van der Waals surface area contributed by atoms with Crippen molar-refractivity contribution >= 4 is 27.5 Å². The van der Waals surface area contributed by atoms with Gasteiger partial charge in [-0.2, -0.15) is 0 Å². The molecule has 0 aliphatic heterocycles. The Hall–Kier alpha value is -2.94. The van der Waals surface area contributed by atoms with Crippen molar-refractivity contribution in [2.75, 3.05) is 23.7 Å². The van der Waals surface area contributed by atoms with E-state index in [4.69, 9.17) is 0 Å². The number of nitrogens with zero attached hydrogens (tertiary/aromatic N) is 2. The van der Waals surface area contributed by atoms with Crippen molar-refractivity contribution in [2.45, 2.75) is 65.0 Å². The Kier molecular flexibility index (Phi) is 10.5. The fourth-order valence-corrected chi connectivity index (χ4v) is 4.93. The van der Waals surface area contributed by atoms with E-state index in [1.807, 2.05) is 58.0 Å². The third-order valence-corrected chi connectivity index (χ3v) is 6.83. The van der Waals surface area contributed by atoms with Gasteiger partial charge in [-0.3, -0.25) is 13.9 Å². The lowest BCUT2D eigenvalue weighted by Gasteiger charge is -2.33. The second kappa shape index (κ2) is 12.9. The van der Waals surface area contributed by atoms with E-state index in [1.165, 1.54) is 24.3 Å². The van der Waals surface area contributed by atoms with Crippen molar-refractivity contribution in [3.63, 3.8) is 0 Å². The lowest BCUT2D eigenvalue weighted by molar-refractivity contribution is -0.141. The molecule has 0 aliphatic rings. The van der Waals surface area contributed by atoms with Crippen LogP contribution in [0.4, 0.5) is 10.1 Å². The largest absolute Gasteiger partial charge is 0.350 e. The number of sulfonamides is 1. The van der Waals surface area contributed by atoms with Gasteiger partial charge in [0.05, 0.1) is 11.9 Å². The fourth-order valence-electron chi connectivity index (χ4n) is 3.96. The predicted molar refractivity (Wildman–Crippen MR) is 142 cm³/mol. The summed E-state index contributed by atoms with van der Waals surface area (Å²) in [6.45, 7) is 7.98. The van der Waals surface area contributed by atoms with Crippen LogP contribution in [0.15, 0.2) is 54.6 Å². The van der Waals surface area contributed by atoms with Gasteiger partial charge in [0.25, 0.3) is 0 Å². The third-order valence-electron chi connectivity index (χ3n) is 5.64. The molecule has 0 spiro atoms. The molecule has 2 aromatic carbocycles. The van der Waals surface area contributed by atoms with Crippen molar-refractivity contribution < 1.29 is 22.4 Å². The topological polar surface area (TPSA) is 86.8 Å². The predicted octanol–water partition coefficient (Wildman–Crippen LogP) is 4.14. The SMILES string of the molecule is CC[C@@H](C(=O)NC(C)(C)C)N(CCc1ccccc1)C(=O)CCCN(c1ccc(F)cc1)S(C)(=O)=O. The Balaban J connectivity index is 2.17. The number of rotatable bonds is 12. The lowest BCUT2D eigenvalue weighted by Crippen LogP contribution is -2.54. The second-order valence-corrected chi connectivity index (χ2v) is 11.8. The van der Waals surface area contributed by atoms with Crippen LogP contribution < -0.4 is 9.62 Å². The zero-order valence-electron chi connectivity index (χ0n) is 21.8. The van der Waals surface area contributed by atoms with Crippen LogP contribution in [0.5, 0.6) is 0 Å². The molecule has 0 aliphatic carbocycles. The molecular formula is C27H38FN3O4S. The van der Waals surface area contributed by atoms with Crippen LogP contribution in [0.3, 0.4) is 0 Å². The van der Waals surface area contributed by atoms with E-state index in [-0.39, 0.29) is 31.2 Å². The van der Waals surface area contributed by atoms with Crippen LogP contribution in [-0.4, -0.2) is 56.1 Å². The number of hydrogen-bond acceptors (Lipinski definition) is 4.